The first-order valence-corrected chi connectivity index (χ1v) is 7.66. The normalized spacial score (nSPS) is 20.0. The Kier molecular flexibility index (Phi) is 6.14. The molecule has 0 aliphatic carbocycles. The van der Waals surface area contributed by atoms with Gasteiger partial charge < -0.3 is 25.0 Å². The average Bonchev–Trinajstić information content (AvgIpc) is 2.57. The maximum absolute atomic E-state index is 12.3. The number of carbonyl (C=O) groups is 3. The molecule has 1 saturated heterocycles. The summed E-state index contributed by atoms with van der Waals surface area (Å²) in [6.45, 7) is 1.13. The highest BCUT2D eigenvalue weighted by Gasteiger charge is 2.36. The number of hydrogen-bond acceptors (Lipinski definition) is 5. The zero-order valence-electron chi connectivity index (χ0n) is 13.8. The fraction of sp³-hybridized carbons (Fsp3) is 0.438. The molecule has 1 heterocycles. The Morgan fingerprint density at radius 2 is 2.17 bits per heavy atom. The number of nitrogens with one attached hydrogen (secondary N) is 3. The predicted octanol–water partition coefficient (Wildman–Crippen LogP) is -1.42. The summed E-state index contributed by atoms with van der Waals surface area (Å²) in [5, 5.41) is 5.49. The van der Waals surface area contributed by atoms with Crippen LogP contribution >= 0.6 is 0 Å². The van der Waals surface area contributed by atoms with Crippen LogP contribution in [0.15, 0.2) is 24.3 Å². The van der Waals surface area contributed by atoms with Crippen LogP contribution in [0, 0.1) is 0 Å². The van der Waals surface area contributed by atoms with Gasteiger partial charge in [0.1, 0.15) is 12.2 Å². The molecule has 8 heteroatoms. The Labute approximate surface area is 140 Å². The number of anilines is 1. The van der Waals surface area contributed by atoms with Crippen LogP contribution in [0.2, 0.25) is 0 Å². The topological polar surface area (TPSA) is 98.2 Å². The van der Waals surface area contributed by atoms with Gasteiger partial charge >= 0.3 is 5.97 Å². The molecule has 2 atom stereocenters. The van der Waals surface area contributed by atoms with Crippen molar-refractivity contribution in [2.45, 2.75) is 12.5 Å². The molecule has 0 radical (unpaired) electrons. The van der Waals surface area contributed by atoms with Crippen LogP contribution in [0.4, 0.5) is 5.69 Å². The third-order valence-electron chi connectivity index (χ3n) is 3.89. The first-order valence-electron chi connectivity index (χ1n) is 7.66. The zero-order valence-corrected chi connectivity index (χ0v) is 13.8. The quantitative estimate of drug-likeness (QED) is 0.554. The minimum Gasteiger partial charge on any atom is -0.497 e. The van der Waals surface area contributed by atoms with E-state index in [0.29, 0.717) is 24.5 Å². The van der Waals surface area contributed by atoms with Crippen LogP contribution in [0.3, 0.4) is 0 Å². The predicted molar refractivity (Wildman–Crippen MR) is 85.8 cm³/mol. The third kappa shape index (κ3) is 4.69. The van der Waals surface area contributed by atoms with E-state index in [0.717, 1.165) is 4.90 Å². The van der Waals surface area contributed by atoms with Crippen molar-refractivity contribution in [2.75, 3.05) is 39.2 Å². The van der Waals surface area contributed by atoms with Crippen molar-refractivity contribution < 1.29 is 28.8 Å². The number of hydrogen-bond donors (Lipinski definition) is 3. The van der Waals surface area contributed by atoms with E-state index in [1.165, 1.54) is 7.11 Å². The van der Waals surface area contributed by atoms with E-state index in [1.807, 2.05) is 0 Å². The van der Waals surface area contributed by atoms with E-state index in [9.17, 15) is 14.4 Å². The summed E-state index contributed by atoms with van der Waals surface area (Å²) in [6.07, 6.45) is -0.0515. The summed E-state index contributed by atoms with van der Waals surface area (Å²) in [6, 6.07) is 6.40. The molecule has 0 spiro atoms. The molecule has 2 rings (SSSR count). The number of benzene rings is 1. The lowest BCUT2D eigenvalue weighted by Crippen LogP contribution is -3.20. The second-order valence-electron chi connectivity index (χ2n) is 5.49. The summed E-state index contributed by atoms with van der Waals surface area (Å²) >= 11 is 0. The van der Waals surface area contributed by atoms with Gasteiger partial charge in [-0.25, -0.2) is 0 Å². The molecule has 0 saturated carbocycles. The minimum atomic E-state index is -0.623. The molecule has 1 aliphatic heterocycles. The Morgan fingerprint density at radius 3 is 2.88 bits per heavy atom. The third-order valence-corrected chi connectivity index (χ3v) is 3.89. The van der Waals surface area contributed by atoms with Crippen LogP contribution < -0.4 is 20.3 Å². The molecule has 1 fully saturated rings. The van der Waals surface area contributed by atoms with Gasteiger partial charge in [0.25, 0.3) is 11.8 Å². The lowest BCUT2D eigenvalue weighted by molar-refractivity contribution is -0.909. The van der Waals surface area contributed by atoms with Crippen LogP contribution in [-0.2, 0) is 19.1 Å². The van der Waals surface area contributed by atoms with E-state index in [-0.39, 0.29) is 24.8 Å². The molecular weight excluding hydrogens is 314 g/mol. The van der Waals surface area contributed by atoms with Crippen LogP contribution in [0.25, 0.3) is 0 Å². The molecule has 24 heavy (non-hydrogen) atoms. The molecule has 130 valence electrons. The highest BCUT2D eigenvalue weighted by atomic mass is 16.5. The molecular formula is C16H22N3O5+. The van der Waals surface area contributed by atoms with Crippen molar-refractivity contribution in [3.05, 3.63) is 24.3 Å². The number of quaternary nitrogens is 1. The van der Waals surface area contributed by atoms with Crippen molar-refractivity contribution in [3.8, 4) is 5.75 Å². The second kappa shape index (κ2) is 8.30. The molecule has 0 aromatic heterocycles. The average molecular weight is 336 g/mol. The lowest BCUT2D eigenvalue weighted by atomic mass is 10.1. The number of esters is 1. The van der Waals surface area contributed by atoms with Gasteiger partial charge in [0, 0.05) is 11.8 Å². The van der Waals surface area contributed by atoms with Crippen molar-refractivity contribution >= 4 is 23.5 Å². The fourth-order valence-corrected chi connectivity index (χ4v) is 2.64. The van der Waals surface area contributed by atoms with E-state index >= 15 is 0 Å². The summed E-state index contributed by atoms with van der Waals surface area (Å²) in [7, 11) is 2.83. The number of carbonyl (C=O) groups excluding carboxylic acids is 3. The summed E-state index contributed by atoms with van der Waals surface area (Å²) in [5.41, 5.74) is 0.615. The number of piperazine rings is 1. The lowest BCUT2D eigenvalue weighted by Gasteiger charge is -2.30. The zero-order chi connectivity index (χ0) is 17.5. The highest BCUT2D eigenvalue weighted by molar-refractivity contribution is 5.92. The van der Waals surface area contributed by atoms with Gasteiger partial charge in [-0.1, -0.05) is 6.07 Å². The molecule has 1 aliphatic rings. The summed E-state index contributed by atoms with van der Waals surface area (Å²) in [4.78, 5) is 36.5. The Morgan fingerprint density at radius 1 is 1.38 bits per heavy atom. The first-order chi connectivity index (χ1) is 11.5. The van der Waals surface area contributed by atoms with Gasteiger partial charge in [-0.3, -0.25) is 14.4 Å². The van der Waals surface area contributed by atoms with Crippen LogP contribution in [0.1, 0.15) is 6.42 Å². The van der Waals surface area contributed by atoms with E-state index in [2.05, 4.69) is 15.4 Å². The van der Waals surface area contributed by atoms with Crippen molar-refractivity contribution in [1.29, 1.82) is 0 Å². The van der Waals surface area contributed by atoms with Crippen LogP contribution in [-0.4, -0.2) is 57.7 Å². The smallest absolute Gasteiger partial charge is 0.312 e. The molecule has 0 bridgehead atoms. The van der Waals surface area contributed by atoms with Gasteiger partial charge in [-0.2, -0.15) is 0 Å². The number of amides is 2. The Hall–Kier alpha value is -2.61. The second-order valence-corrected chi connectivity index (χ2v) is 5.49. The molecule has 1 aromatic carbocycles. The van der Waals surface area contributed by atoms with Crippen molar-refractivity contribution in [1.82, 2.24) is 5.32 Å². The fourth-order valence-electron chi connectivity index (χ4n) is 2.64. The van der Waals surface area contributed by atoms with Gasteiger partial charge in [0.05, 0.1) is 27.3 Å². The highest BCUT2D eigenvalue weighted by Crippen LogP contribution is 2.16. The molecule has 8 nitrogen and oxygen atoms in total. The van der Waals surface area contributed by atoms with Crippen molar-refractivity contribution in [2.24, 2.45) is 0 Å². The van der Waals surface area contributed by atoms with E-state index in [1.54, 1.807) is 31.4 Å². The van der Waals surface area contributed by atoms with Gasteiger partial charge in [0.15, 0.2) is 12.6 Å². The van der Waals surface area contributed by atoms with Gasteiger partial charge in [-0.05, 0) is 12.1 Å². The molecule has 1 aromatic rings. The van der Waals surface area contributed by atoms with Crippen molar-refractivity contribution in [3.63, 3.8) is 0 Å². The summed E-state index contributed by atoms with van der Waals surface area (Å²) in [5.74, 6) is -0.303. The first kappa shape index (κ1) is 17.7. The number of methoxy groups -OCH3 is 2. The Balaban J connectivity index is 1.99. The monoisotopic (exact) mass is 336 g/mol. The number of rotatable bonds is 6. The molecule has 2 amide bonds. The van der Waals surface area contributed by atoms with Crippen LogP contribution in [0.5, 0.6) is 5.75 Å². The molecule has 3 N–H and O–H groups in total. The van der Waals surface area contributed by atoms with Gasteiger partial charge in [0.2, 0.25) is 0 Å². The minimum absolute atomic E-state index is 0.0515. The van der Waals surface area contributed by atoms with E-state index < -0.39 is 12.0 Å². The standard InChI is InChI=1S/C16H21N3O5/c1-23-12-5-3-4-11(8-12)18-14(20)10-19-7-6-17-16(22)13(19)9-15(21)24-2/h3-5,8,13H,6-7,9-10H2,1-2H3,(H,17,22)(H,18,20)/p+1/t13-/m0/s1. The number of ether oxygens (including phenoxy) is 2. The largest absolute Gasteiger partial charge is 0.497 e. The summed E-state index contributed by atoms with van der Waals surface area (Å²) < 4.78 is 9.74. The maximum atomic E-state index is 12.3. The van der Waals surface area contributed by atoms with Gasteiger partial charge in [-0.15, -0.1) is 0 Å². The maximum Gasteiger partial charge on any atom is 0.312 e. The SMILES string of the molecule is COC(=O)C[C@H]1C(=O)NCC[NH+]1CC(=O)Nc1cccc(OC)c1. The Bertz CT molecular complexity index is 619. The molecule has 1 unspecified atom stereocenters. The van der Waals surface area contributed by atoms with E-state index in [4.69, 9.17) is 4.74 Å².